The smallest absolute Gasteiger partial charge is 0.323 e. The summed E-state index contributed by atoms with van der Waals surface area (Å²) in [4.78, 5) is 12.0. The summed E-state index contributed by atoms with van der Waals surface area (Å²) in [5, 5.41) is 9.52. The Labute approximate surface area is 128 Å². The van der Waals surface area contributed by atoms with Crippen molar-refractivity contribution in [2.45, 2.75) is 12.8 Å². The molecular weight excluding hydrogens is 286 g/mol. The van der Waals surface area contributed by atoms with Crippen LogP contribution in [0.2, 0.25) is 5.02 Å². The molecule has 1 heterocycles. The number of nitrogens with one attached hydrogen (secondary N) is 3. The van der Waals surface area contributed by atoms with Crippen LogP contribution in [0.25, 0.3) is 0 Å². The number of aryl methyl sites for hydroxylation is 1. The second kappa shape index (κ2) is 6.06. The number of benzene rings is 2. The van der Waals surface area contributed by atoms with Gasteiger partial charge < -0.3 is 16.0 Å². The molecule has 0 radical (unpaired) electrons. The maximum absolute atomic E-state index is 12.0. The van der Waals surface area contributed by atoms with Crippen molar-refractivity contribution >= 4 is 34.7 Å². The van der Waals surface area contributed by atoms with Crippen molar-refractivity contribution in [2.75, 3.05) is 22.5 Å². The van der Waals surface area contributed by atoms with Crippen LogP contribution >= 0.6 is 11.6 Å². The summed E-state index contributed by atoms with van der Waals surface area (Å²) >= 11 is 5.89. The predicted molar refractivity (Wildman–Crippen MR) is 87.3 cm³/mol. The molecule has 0 spiro atoms. The maximum Gasteiger partial charge on any atom is 0.323 e. The van der Waals surface area contributed by atoms with E-state index in [0.717, 1.165) is 30.8 Å². The third-order valence-electron chi connectivity index (χ3n) is 3.39. The van der Waals surface area contributed by atoms with Gasteiger partial charge in [0.05, 0.1) is 0 Å². The lowest BCUT2D eigenvalue weighted by atomic mass is 10.0. The fraction of sp³-hybridized carbons (Fsp3) is 0.188. The monoisotopic (exact) mass is 301 g/mol. The molecule has 0 aliphatic carbocycles. The molecule has 0 saturated carbocycles. The molecule has 1 aliphatic rings. The van der Waals surface area contributed by atoms with Crippen LogP contribution in [0.1, 0.15) is 12.0 Å². The van der Waals surface area contributed by atoms with E-state index >= 15 is 0 Å². The summed E-state index contributed by atoms with van der Waals surface area (Å²) in [5.74, 6) is 0. The number of urea groups is 1. The minimum atomic E-state index is -0.284. The fourth-order valence-corrected chi connectivity index (χ4v) is 2.59. The first-order valence-corrected chi connectivity index (χ1v) is 7.29. The van der Waals surface area contributed by atoms with Gasteiger partial charge in [-0.25, -0.2) is 4.79 Å². The molecule has 3 N–H and O–H groups in total. The van der Waals surface area contributed by atoms with Crippen molar-refractivity contribution in [3.63, 3.8) is 0 Å². The summed E-state index contributed by atoms with van der Waals surface area (Å²) in [6.45, 7) is 0.977. The Balaban J connectivity index is 1.67. The van der Waals surface area contributed by atoms with E-state index in [4.69, 9.17) is 11.6 Å². The zero-order valence-electron chi connectivity index (χ0n) is 11.4. The molecule has 0 fully saturated rings. The lowest BCUT2D eigenvalue weighted by molar-refractivity contribution is 0.262. The molecule has 108 valence electrons. The van der Waals surface area contributed by atoms with Crippen molar-refractivity contribution in [2.24, 2.45) is 0 Å². The first kappa shape index (κ1) is 13.8. The highest BCUT2D eigenvalue weighted by Crippen LogP contribution is 2.25. The molecular formula is C16H16ClN3O. The number of hydrogen-bond acceptors (Lipinski definition) is 2. The van der Waals surface area contributed by atoms with Gasteiger partial charge in [0.1, 0.15) is 0 Å². The zero-order chi connectivity index (χ0) is 14.7. The molecule has 0 bridgehead atoms. The van der Waals surface area contributed by atoms with Gasteiger partial charge in [0.15, 0.2) is 0 Å². The second-order valence-electron chi connectivity index (χ2n) is 4.99. The summed E-state index contributed by atoms with van der Waals surface area (Å²) in [6.07, 6.45) is 2.23. The molecule has 2 aromatic rings. The number of rotatable bonds is 2. The third-order valence-corrected chi connectivity index (χ3v) is 3.62. The number of carbonyl (C=O) groups excluding carboxylic acids is 1. The molecule has 3 rings (SSSR count). The van der Waals surface area contributed by atoms with Gasteiger partial charge in [-0.1, -0.05) is 23.7 Å². The lowest BCUT2D eigenvalue weighted by Crippen LogP contribution is -2.20. The Bertz CT molecular complexity index is 672. The van der Waals surface area contributed by atoms with E-state index in [1.807, 2.05) is 12.1 Å². The molecule has 2 aromatic carbocycles. The largest absolute Gasteiger partial charge is 0.385 e. The average Bonchev–Trinajstić information content (AvgIpc) is 2.47. The quantitative estimate of drug-likeness (QED) is 0.773. The molecule has 21 heavy (non-hydrogen) atoms. The Morgan fingerprint density at radius 1 is 1.10 bits per heavy atom. The van der Waals surface area contributed by atoms with Crippen LogP contribution in [-0.2, 0) is 6.42 Å². The average molecular weight is 302 g/mol. The number of amides is 2. The molecule has 0 unspecified atom stereocenters. The van der Waals surface area contributed by atoms with Crippen molar-refractivity contribution in [3.8, 4) is 0 Å². The normalized spacial score (nSPS) is 13.0. The number of fused-ring (bicyclic) bond motifs is 1. The maximum atomic E-state index is 12.0. The van der Waals surface area contributed by atoms with Crippen molar-refractivity contribution < 1.29 is 4.79 Å². The van der Waals surface area contributed by atoms with E-state index in [1.165, 1.54) is 5.56 Å². The first-order chi connectivity index (χ1) is 10.2. The fourth-order valence-electron chi connectivity index (χ4n) is 2.40. The minimum Gasteiger partial charge on any atom is -0.385 e. The van der Waals surface area contributed by atoms with Crippen LogP contribution in [0, 0.1) is 0 Å². The second-order valence-corrected chi connectivity index (χ2v) is 5.43. The van der Waals surface area contributed by atoms with Crippen molar-refractivity contribution in [1.82, 2.24) is 0 Å². The van der Waals surface area contributed by atoms with Gasteiger partial charge in [-0.3, -0.25) is 0 Å². The topological polar surface area (TPSA) is 53.2 Å². The van der Waals surface area contributed by atoms with Crippen LogP contribution in [0.15, 0.2) is 42.5 Å². The summed E-state index contributed by atoms with van der Waals surface area (Å²) in [5.41, 5.74) is 3.82. The van der Waals surface area contributed by atoms with Crippen molar-refractivity contribution in [3.05, 3.63) is 53.1 Å². The van der Waals surface area contributed by atoms with Gasteiger partial charge in [0.2, 0.25) is 0 Å². The summed E-state index contributed by atoms with van der Waals surface area (Å²) in [6, 6.07) is 12.7. The molecule has 2 amide bonds. The van der Waals surface area contributed by atoms with Crippen LogP contribution in [0.3, 0.4) is 0 Å². The minimum absolute atomic E-state index is 0.284. The standard InChI is InChI=1S/C16H16ClN3O/c17-12-4-1-5-13(9-12)19-16(21)20-14-7-6-11-3-2-8-18-15(11)10-14/h1,4-7,9-10,18H,2-3,8H2,(H2,19,20,21). The van der Waals surface area contributed by atoms with Gasteiger partial charge in [0, 0.05) is 28.6 Å². The highest BCUT2D eigenvalue weighted by molar-refractivity contribution is 6.30. The van der Waals surface area contributed by atoms with Crippen LogP contribution in [0.4, 0.5) is 21.9 Å². The van der Waals surface area contributed by atoms with E-state index in [-0.39, 0.29) is 6.03 Å². The van der Waals surface area contributed by atoms with Gasteiger partial charge in [-0.2, -0.15) is 0 Å². The van der Waals surface area contributed by atoms with E-state index in [0.29, 0.717) is 10.7 Å². The molecule has 4 nitrogen and oxygen atoms in total. The SMILES string of the molecule is O=C(Nc1cccc(Cl)c1)Nc1ccc2c(c1)NCCC2. The molecule has 0 aromatic heterocycles. The highest BCUT2D eigenvalue weighted by atomic mass is 35.5. The highest BCUT2D eigenvalue weighted by Gasteiger charge is 2.10. The predicted octanol–water partition coefficient (Wildman–Crippen LogP) is 4.34. The lowest BCUT2D eigenvalue weighted by Gasteiger charge is -2.19. The van der Waals surface area contributed by atoms with Gasteiger partial charge in [-0.15, -0.1) is 0 Å². The van der Waals surface area contributed by atoms with E-state index in [2.05, 4.69) is 22.0 Å². The molecule has 0 saturated heterocycles. The van der Waals surface area contributed by atoms with Crippen LogP contribution in [0.5, 0.6) is 0 Å². The summed E-state index contributed by atoms with van der Waals surface area (Å²) < 4.78 is 0. The number of halogens is 1. The Morgan fingerprint density at radius 3 is 2.71 bits per heavy atom. The number of anilines is 3. The first-order valence-electron chi connectivity index (χ1n) is 6.91. The van der Waals surface area contributed by atoms with Crippen LogP contribution < -0.4 is 16.0 Å². The zero-order valence-corrected chi connectivity index (χ0v) is 12.2. The van der Waals surface area contributed by atoms with Crippen LogP contribution in [-0.4, -0.2) is 12.6 Å². The Hall–Kier alpha value is -2.20. The number of hydrogen-bond donors (Lipinski definition) is 3. The van der Waals surface area contributed by atoms with E-state index in [9.17, 15) is 4.79 Å². The number of carbonyl (C=O) groups is 1. The van der Waals surface area contributed by atoms with Gasteiger partial charge in [0.25, 0.3) is 0 Å². The van der Waals surface area contributed by atoms with Gasteiger partial charge >= 0.3 is 6.03 Å². The van der Waals surface area contributed by atoms with E-state index < -0.39 is 0 Å². The van der Waals surface area contributed by atoms with Crippen molar-refractivity contribution in [1.29, 1.82) is 0 Å². The molecule has 1 aliphatic heterocycles. The Morgan fingerprint density at radius 2 is 1.90 bits per heavy atom. The summed E-state index contributed by atoms with van der Waals surface area (Å²) in [7, 11) is 0. The Kier molecular flexibility index (Phi) is 3.97. The molecule has 0 atom stereocenters. The molecule has 5 heteroatoms. The third kappa shape index (κ3) is 3.47. The van der Waals surface area contributed by atoms with E-state index in [1.54, 1.807) is 24.3 Å². The van der Waals surface area contributed by atoms with Gasteiger partial charge in [-0.05, 0) is 48.7 Å².